The summed E-state index contributed by atoms with van der Waals surface area (Å²) in [5.74, 6) is 1.07. The van der Waals surface area contributed by atoms with Crippen LogP contribution in [0.1, 0.15) is 5.76 Å². The van der Waals surface area contributed by atoms with Gasteiger partial charge in [0.1, 0.15) is 17.3 Å². The van der Waals surface area contributed by atoms with Gasteiger partial charge in [-0.2, -0.15) is 0 Å². The lowest BCUT2D eigenvalue weighted by Gasteiger charge is -2.05. The quantitative estimate of drug-likeness (QED) is 0.632. The topological polar surface area (TPSA) is 25.2 Å². The van der Waals surface area contributed by atoms with E-state index in [0.717, 1.165) is 22.8 Å². The molecule has 2 aromatic carbocycles. The van der Waals surface area contributed by atoms with Gasteiger partial charge < -0.3 is 9.73 Å². The summed E-state index contributed by atoms with van der Waals surface area (Å²) in [5, 5.41) is 3.88. The van der Waals surface area contributed by atoms with Crippen LogP contribution < -0.4 is 5.32 Å². The molecule has 112 valence electrons. The Hall–Kier alpha value is -1.97. The molecule has 22 heavy (non-hydrogen) atoms. The van der Waals surface area contributed by atoms with Gasteiger partial charge in [0.05, 0.1) is 11.6 Å². The van der Waals surface area contributed by atoms with Crippen molar-refractivity contribution in [2.75, 3.05) is 5.32 Å². The van der Waals surface area contributed by atoms with E-state index in [2.05, 4.69) is 5.32 Å². The maximum atomic E-state index is 13.1. The molecule has 0 bridgehead atoms. The summed E-state index contributed by atoms with van der Waals surface area (Å²) >= 11 is 11.7. The summed E-state index contributed by atoms with van der Waals surface area (Å²) in [5.41, 5.74) is 1.65. The minimum atomic E-state index is -0.437. The van der Waals surface area contributed by atoms with Gasteiger partial charge in [-0.25, -0.2) is 4.39 Å². The molecule has 0 aliphatic rings. The summed E-state index contributed by atoms with van der Waals surface area (Å²) in [7, 11) is 0. The molecule has 1 N–H and O–H groups in total. The number of furan rings is 1. The molecule has 0 aliphatic carbocycles. The molecule has 2 nitrogen and oxygen atoms in total. The Balaban J connectivity index is 1.70. The Bertz CT molecular complexity index is 801. The van der Waals surface area contributed by atoms with Crippen LogP contribution in [0.3, 0.4) is 0 Å². The molecule has 0 spiro atoms. The monoisotopic (exact) mass is 335 g/mol. The van der Waals surface area contributed by atoms with Gasteiger partial charge in [-0.05, 0) is 42.5 Å². The number of nitrogens with one attached hydrogen (secondary N) is 1. The summed E-state index contributed by atoms with van der Waals surface area (Å²) in [6.07, 6.45) is 0. The third kappa shape index (κ3) is 3.43. The molecule has 0 unspecified atom stereocenters. The number of hydrogen-bond donors (Lipinski definition) is 1. The molecule has 5 heteroatoms. The van der Waals surface area contributed by atoms with Gasteiger partial charge in [0.25, 0.3) is 0 Å². The fourth-order valence-electron chi connectivity index (χ4n) is 2.07. The summed E-state index contributed by atoms with van der Waals surface area (Å²) in [6, 6.07) is 15.7. The van der Waals surface area contributed by atoms with Crippen molar-refractivity contribution in [3.05, 3.63) is 76.2 Å². The van der Waals surface area contributed by atoms with Gasteiger partial charge in [-0.1, -0.05) is 35.3 Å². The van der Waals surface area contributed by atoms with Crippen molar-refractivity contribution in [2.45, 2.75) is 6.54 Å². The number of benzene rings is 2. The van der Waals surface area contributed by atoms with E-state index in [1.165, 1.54) is 12.1 Å². The van der Waals surface area contributed by atoms with E-state index in [1.54, 1.807) is 6.07 Å². The normalized spacial score (nSPS) is 10.7. The van der Waals surface area contributed by atoms with Crippen molar-refractivity contribution >= 4 is 28.9 Å². The molecule has 0 atom stereocenters. The van der Waals surface area contributed by atoms with Crippen LogP contribution in [-0.4, -0.2) is 0 Å². The van der Waals surface area contributed by atoms with Crippen LogP contribution in [0.5, 0.6) is 0 Å². The Kier molecular flexibility index (Phi) is 4.36. The van der Waals surface area contributed by atoms with Crippen molar-refractivity contribution in [2.24, 2.45) is 0 Å². The minimum absolute atomic E-state index is 0.0871. The predicted molar refractivity (Wildman–Crippen MR) is 87.9 cm³/mol. The molecule has 0 saturated carbocycles. The molecule has 0 amide bonds. The van der Waals surface area contributed by atoms with Crippen molar-refractivity contribution in [3.8, 4) is 11.3 Å². The lowest BCUT2D eigenvalue weighted by molar-refractivity contribution is 0.531. The SMILES string of the molecule is Fc1ccc(NCc2ccc(-c3cccc(Cl)c3)o2)cc1Cl. The van der Waals surface area contributed by atoms with Crippen molar-refractivity contribution in [1.82, 2.24) is 0 Å². The van der Waals surface area contributed by atoms with E-state index >= 15 is 0 Å². The first-order valence-corrected chi connectivity index (χ1v) is 7.41. The van der Waals surface area contributed by atoms with Crippen LogP contribution in [0.15, 0.2) is 59.0 Å². The summed E-state index contributed by atoms with van der Waals surface area (Å²) in [4.78, 5) is 0. The molecule has 1 heterocycles. The number of anilines is 1. The van der Waals surface area contributed by atoms with E-state index in [0.29, 0.717) is 11.6 Å². The lowest BCUT2D eigenvalue weighted by Crippen LogP contribution is -1.98. The lowest BCUT2D eigenvalue weighted by atomic mass is 10.2. The summed E-state index contributed by atoms with van der Waals surface area (Å²) < 4.78 is 18.9. The third-order valence-electron chi connectivity index (χ3n) is 3.16. The Morgan fingerprint density at radius 3 is 2.64 bits per heavy atom. The van der Waals surface area contributed by atoms with Crippen LogP contribution in [0.25, 0.3) is 11.3 Å². The molecular formula is C17H12Cl2FNO. The van der Waals surface area contributed by atoms with E-state index in [9.17, 15) is 4.39 Å². The first-order chi connectivity index (χ1) is 10.6. The van der Waals surface area contributed by atoms with Gasteiger partial charge in [0.15, 0.2) is 0 Å². The van der Waals surface area contributed by atoms with Gasteiger partial charge in [0, 0.05) is 16.3 Å². The second-order valence-corrected chi connectivity index (χ2v) is 5.60. The van der Waals surface area contributed by atoms with Gasteiger partial charge in [-0.3, -0.25) is 0 Å². The average molecular weight is 336 g/mol. The Morgan fingerprint density at radius 2 is 1.86 bits per heavy atom. The minimum Gasteiger partial charge on any atom is -0.459 e. The van der Waals surface area contributed by atoms with Crippen molar-refractivity contribution in [3.63, 3.8) is 0 Å². The number of hydrogen-bond acceptors (Lipinski definition) is 2. The van der Waals surface area contributed by atoms with E-state index in [-0.39, 0.29) is 5.02 Å². The van der Waals surface area contributed by atoms with E-state index in [1.807, 2.05) is 36.4 Å². The second-order valence-electron chi connectivity index (χ2n) is 4.76. The molecule has 3 aromatic rings. The van der Waals surface area contributed by atoms with Crippen molar-refractivity contribution < 1.29 is 8.81 Å². The smallest absolute Gasteiger partial charge is 0.141 e. The first kappa shape index (κ1) is 14.9. The molecular weight excluding hydrogens is 324 g/mol. The van der Waals surface area contributed by atoms with Gasteiger partial charge in [-0.15, -0.1) is 0 Å². The zero-order chi connectivity index (χ0) is 15.5. The van der Waals surface area contributed by atoms with Crippen LogP contribution in [0.4, 0.5) is 10.1 Å². The zero-order valence-corrected chi connectivity index (χ0v) is 13.0. The first-order valence-electron chi connectivity index (χ1n) is 6.65. The van der Waals surface area contributed by atoms with Gasteiger partial charge >= 0.3 is 0 Å². The average Bonchev–Trinajstić information content (AvgIpc) is 2.97. The highest BCUT2D eigenvalue weighted by atomic mass is 35.5. The van der Waals surface area contributed by atoms with E-state index < -0.39 is 5.82 Å². The fraction of sp³-hybridized carbons (Fsp3) is 0.0588. The molecule has 0 fully saturated rings. The maximum absolute atomic E-state index is 13.1. The van der Waals surface area contributed by atoms with Gasteiger partial charge in [0.2, 0.25) is 0 Å². The Morgan fingerprint density at radius 1 is 1.00 bits per heavy atom. The molecule has 0 radical (unpaired) electrons. The number of halogens is 3. The zero-order valence-electron chi connectivity index (χ0n) is 11.4. The van der Waals surface area contributed by atoms with E-state index in [4.69, 9.17) is 27.6 Å². The molecule has 0 aliphatic heterocycles. The van der Waals surface area contributed by atoms with Crippen LogP contribution in [0, 0.1) is 5.82 Å². The maximum Gasteiger partial charge on any atom is 0.141 e. The van der Waals surface area contributed by atoms with Crippen LogP contribution >= 0.6 is 23.2 Å². The Labute approximate surface area is 137 Å². The van der Waals surface area contributed by atoms with Crippen LogP contribution in [-0.2, 0) is 6.54 Å². The second kappa shape index (κ2) is 6.42. The number of rotatable bonds is 4. The standard InChI is InChI=1S/C17H12Cl2FNO/c18-12-3-1-2-11(8-12)17-7-5-14(22-17)10-21-13-4-6-16(20)15(19)9-13/h1-9,21H,10H2. The molecule has 0 saturated heterocycles. The van der Waals surface area contributed by atoms with Crippen molar-refractivity contribution in [1.29, 1.82) is 0 Å². The highest BCUT2D eigenvalue weighted by molar-refractivity contribution is 6.31. The summed E-state index contributed by atoms with van der Waals surface area (Å²) in [6.45, 7) is 0.475. The third-order valence-corrected chi connectivity index (χ3v) is 3.68. The molecule has 1 aromatic heterocycles. The highest BCUT2D eigenvalue weighted by Crippen LogP contribution is 2.25. The highest BCUT2D eigenvalue weighted by Gasteiger charge is 2.06. The molecule has 3 rings (SSSR count). The fourth-order valence-corrected chi connectivity index (χ4v) is 2.44. The van der Waals surface area contributed by atoms with Crippen LogP contribution in [0.2, 0.25) is 10.0 Å². The predicted octanol–water partition coefficient (Wildman–Crippen LogP) is 6.00. The largest absolute Gasteiger partial charge is 0.459 e.